The maximum atomic E-state index is 12.2. The molecule has 0 aliphatic carbocycles. The molecule has 0 aliphatic rings. The molecule has 0 aromatic heterocycles. The Hall–Kier alpha value is -3.18. The van der Waals surface area contributed by atoms with Crippen molar-refractivity contribution < 1.29 is 9.59 Å². The van der Waals surface area contributed by atoms with Gasteiger partial charge in [-0.15, -0.1) is 0 Å². The molecule has 134 valence electrons. The van der Waals surface area contributed by atoms with Gasteiger partial charge in [0.05, 0.1) is 0 Å². The van der Waals surface area contributed by atoms with E-state index in [2.05, 4.69) is 26.6 Å². The molecular weight excluding hydrogens is 404 g/mol. The van der Waals surface area contributed by atoms with E-state index in [1.54, 1.807) is 42.5 Å². The molecule has 0 atom stereocenters. The molecule has 2 amide bonds. The molecule has 3 aromatic rings. The summed E-state index contributed by atoms with van der Waals surface area (Å²) in [6.45, 7) is 0. The predicted molar refractivity (Wildman–Crippen MR) is 113 cm³/mol. The summed E-state index contributed by atoms with van der Waals surface area (Å²) in [6, 6.07) is 23.7. The molecular formula is C22H17BrN2O2. The molecule has 0 heterocycles. The number of rotatable bonds is 5. The van der Waals surface area contributed by atoms with Crippen molar-refractivity contribution in [3.63, 3.8) is 0 Å². The minimum absolute atomic E-state index is 0.190. The third-order valence-corrected chi connectivity index (χ3v) is 4.27. The molecule has 0 unspecified atom stereocenters. The van der Waals surface area contributed by atoms with Crippen molar-refractivity contribution in [1.29, 1.82) is 0 Å². The summed E-state index contributed by atoms with van der Waals surface area (Å²) in [5.41, 5.74) is 2.83. The van der Waals surface area contributed by atoms with Crippen LogP contribution in [0.3, 0.4) is 0 Å². The van der Waals surface area contributed by atoms with Crippen LogP contribution in [0, 0.1) is 0 Å². The van der Waals surface area contributed by atoms with Crippen LogP contribution in [-0.4, -0.2) is 11.8 Å². The van der Waals surface area contributed by atoms with Crippen LogP contribution in [0.15, 0.2) is 89.4 Å². The van der Waals surface area contributed by atoms with Gasteiger partial charge in [-0.3, -0.25) is 9.59 Å². The third kappa shape index (κ3) is 5.66. The molecule has 0 radical (unpaired) electrons. The number of amides is 2. The van der Waals surface area contributed by atoms with Gasteiger partial charge in [0, 0.05) is 27.5 Å². The lowest BCUT2D eigenvalue weighted by Crippen LogP contribution is -2.12. The Balaban J connectivity index is 1.56. The zero-order valence-electron chi connectivity index (χ0n) is 14.4. The van der Waals surface area contributed by atoms with Gasteiger partial charge in [0.1, 0.15) is 0 Å². The van der Waals surface area contributed by atoms with Gasteiger partial charge in [0.15, 0.2) is 0 Å². The normalized spacial score (nSPS) is 10.6. The summed E-state index contributed by atoms with van der Waals surface area (Å²) in [7, 11) is 0. The first-order valence-corrected chi connectivity index (χ1v) is 9.10. The zero-order valence-corrected chi connectivity index (χ0v) is 15.9. The molecule has 0 aliphatic heterocycles. The van der Waals surface area contributed by atoms with Crippen LogP contribution in [0.25, 0.3) is 6.08 Å². The number of carbonyl (C=O) groups is 2. The fourth-order valence-electron chi connectivity index (χ4n) is 2.36. The minimum atomic E-state index is -0.217. The Labute approximate surface area is 166 Å². The largest absolute Gasteiger partial charge is 0.323 e. The van der Waals surface area contributed by atoms with Crippen LogP contribution in [0.2, 0.25) is 0 Å². The van der Waals surface area contributed by atoms with E-state index in [4.69, 9.17) is 0 Å². The Kier molecular flexibility index (Phi) is 6.18. The summed E-state index contributed by atoms with van der Waals surface area (Å²) < 4.78 is 0.917. The van der Waals surface area contributed by atoms with Crippen molar-refractivity contribution in [1.82, 2.24) is 0 Å². The lowest BCUT2D eigenvalue weighted by Gasteiger charge is -2.07. The molecule has 2 N–H and O–H groups in total. The maximum absolute atomic E-state index is 12.2. The third-order valence-electron chi connectivity index (χ3n) is 3.74. The quantitative estimate of drug-likeness (QED) is 0.546. The highest BCUT2D eigenvalue weighted by atomic mass is 79.9. The second-order valence-electron chi connectivity index (χ2n) is 5.77. The van der Waals surface area contributed by atoms with E-state index >= 15 is 0 Å². The number of hydrogen-bond acceptors (Lipinski definition) is 2. The van der Waals surface area contributed by atoms with Gasteiger partial charge < -0.3 is 10.6 Å². The number of nitrogens with one attached hydrogen (secondary N) is 2. The molecule has 4 nitrogen and oxygen atoms in total. The van der Waals surface area contributed by atoms with Crippen LogP contribution in [-0.2, 0) is 4.79 Å². The van der Waals surface area contributed by atoms with Crippen molar-refractivity contribution in [3.05, 3.63) is 101 Å². The van der Waals surface area contributed by atoms with Gasteiger partial charge in [-0.1, -0.05) is 46.3 Å². The van der Waals surface area contributed by atoms with E-state index in [0.717, 1.165) is 10.0 Å². The van der Waals surface area contributed by atoms with E-state index in [0.29, 0.717) is 16.9 Å². The van der Waals surface area contributed by atoms with Crippen LogP contribution >= 0.6 is 15.9 Å². The highest BCUT2D eigenvalue weighted by Crippen LogP contribution is 2.16. The minimum Gasteiger partial charge on any atom is -0.323 e. The fourth-order valence-corrected chi connectivity index (χ4v) is 2.63. The molecule has 3 rings (SSSR count). The van der Waals surface area contributed by atoms with E-state index < -0.39 is 0 Å². The van der Waals surface area contributed by atoms with E-state index in [9.17, 15) is 9.59 Å². The first-order valence-electron chi connectivity index (χ1n) is 8.31. The highest BCUT2D eigenvalue weighted by Gasteiger charge is 2.06. The molecule has 0 fully saturated rings. The SMILES string of the molecule is O=C(/C=C/c1ccccc1)Nc1ccc(NC(=O)c2ccc(Br)cc2)cc1. The summed E-state index contributed by atoms with van der Waals surface area (Å²) in [5, 5.41) is 5.61. The molecule has 0 spiro atoms. The lowest BCUT2D eigenvalue weighted by atomic mass is 10.2. The summed E-state index contributed by atoms with van der Waals surface area (Å²) in [5.74, 6) is -0.407. The molecule has 0 saturated carbocycles. The van der Waals surface area contributed by atoms with Gasteiger partial charge in [-0.25, -0.2) is 0 Å². The summed E-state index contributed by atoms with van der Waals surface area (Å²) >= 11 is 3.34. The molecule has 27 heavy (non-hydrogen) atoms. The predicted octanol–water partition coefficient (Wildman–Crippen LogP) is 5.35. The van der Waals surface area contributed by atoms with E-state index in [-0.39, 0.29) is 11.8 Å². The molecule has 3 aromatic carbocycles. The van der Waals surface area contributed by atoms with Gasteiger partial charge in [0.2, 0.25) is 5.91 Å². The number of carbonyl (C=O) groups excluding carboxylic acids is 2. The van der Waals surface area contributed by atoms with Crippen LogP contribution in [0.5, 0.6) is 0 Å². The van der Waals surface area contributed by atoms with Crippen molar-refractivity contribution in [2.75, 3.05) is 10.6 Å². The average Bonchev–Trinajstić information content (AvgIpc) is 2.69. The Bertz CT molecular complexity index is 950. The summed E-state index contributed by atoms with van der Waals surface area (Å²) in [4.78, 5) is 24.2. The molecule has 5 heteroatoms. The highest BCUT2D eigenvalue weighted by molar-refractivity contribution is 9.10. The topological polar surface area (TPSA) is 58.2 Å². The Morgan fingerprint density at radius 1 is 0.741 bits per heavy atom. The van der Waals surface area contributed by atoms with Crippen LogP contribution in [0.1, 0.15) is 15.9 Å². The zero-order chi connectivity index (χ0) is 19.1. The maximum Gasteiger partial charge on any atom is 0.255 e. The number of anilines is 2. The Morgan fingerprint density at radius 3 is 1.96 bits per heavy atom. The number of hydrogen-bond donors (Lipinski definition) is 2. The second kappa shape index (κ2) is 8.96. The first-order chi connectivity index (χ1) is 13.1. The van der Waals surface area contributed by atoms with Crippen LogP contribution < -0.4 is 10.6 Å². The van der Waals surface area contributed by atoms with Gasteiger partial charge in [0.25, 0.3) is 5.91 Å². The van der Waals surface area contributed by atoms with Gasteiger partial charge >= 0.3 is 0 Å². The van der Waals surface area contributed by atoms with Crippen molar-refractivity contribution in [2.45, 2.75) is 0 Å². The van der Waals surface area contributed by atoms with Crippen molar-refractivity contribution in [2.24, 2.45) is 0 Å². The fraction of sp³-hybridized carbons (Fsp3) is 0. The molecule has 0 saturated heterocycles. The standard InChI is InChI=1S/C22H17BrN2O2/c23-18-9-7-17(8-10-18)22(27)25-20-13-11-19(12-14-20)24-21(26)15-6-16-4-2-1-3-5-16/h1-15H,(H,24,26)(H,25,27)/b15-6+. The van der Waals surface area contributed by atoms with E-state index in [1.165, 1.54) is 6.08 Å². The smallest absolute Gasteiger partial charge is 0.255 e. The summed E-state index contributed by atoms with van der Waals surface area (Å²) in [6.07, 6.45) is 3.24. The van der Waals surface area contributed by atoms with E-state index in [1.807, 2.05) is 42.5 Å². The average molecular weight is 421 g/mol. The van der Waals surface area contributed by atoms with Gasteiger partial charge in [-0.2, -0.15) is 0 Å². The van der Waals surface area contributed by atoms with Crippen molar-refractivity contribution in [3.8, 4) is 0 Å². The number of halogens is 1. The Morgan fingerprint density at radius 2 is 1.33 bits per heavy atom. The van der Waals surface area contributed by atoms with Crippen LogP contribution in [0.4, 0.5) is 11.4 Å². The lowest BCUT2D eigenvalue weighted by molar-refractivity contribution is -0.111. The van der Waals surface area contributed by atoms with Crippen molar-refractivity contribution >= 4 is 45.2 Å². The first kappa shape index (κ1) is 18.6. The van der Waals surface area contributed by atoms with Gasteiger partial charge in [-0.05, 0) is 60.2 Å². The second-order valence-corrected chi connectivity index (χ2v) is 6.69. The molecule has 0 bridgehead atoms. The number of benzene rings is 3. The monoisotopic (exact) mass is 420 g/mol.